The number of nitrogens with one attached hydrogen (secondary N) is 1. The molecule has 0 aromatic heterocycles. The molecule has 1 aliphatic rings. The summed E-state index contributed by atoms with van der Waals surface area (Å²) in [5, 5.41) is 3.36. The highest BCUT2D eigenvalue weighted by atomic mass is 32.2. The van der Waals surface area contributed by atoms with Gasteiger partial charge in [0.25, 0.3) is 0 Å². The van der Waals surface area contributed by atoms with Crippen molar-refractivity contribution in [1.82, 2.24) is 0 Å². The third-order valence-electron chi connectivity index (χ3n) is 5.31. The topological polar surface area (TPSA) is 119 Å². The lowest BCUT2D eigenvalue weighted by molar-refractivity contribution is -0.117. The van der Waals surface area contributed by atoms with Crippen molar-refractivity contribution >= 4 is 38.8 Å². The number of esters is 1. The summed E-state index contributed by atoms with van der Waals surface area (Å²) in [4.78, 5) is 26.4. The molecule has 1 heterocycles. The van der Waals surface area contributed by atoms with Crippen LogP contribution in [0.5, 0.6) is 0 Å². The number of rotatable bonds is 5. The number of amides is 1. The SMILES string of the molecule is CCOC(=O)c1ccc2c(c1)C(Nc1ccc(S(C)(=O)=O)cc1N)CC(C)N2C(C)=O. The molecule has 2 atom stereocenters. The van der Waals surface area contributed by atoms with Crippen LogP contribution in [0.3, 0.4) is 0 Å². The molecule has 8 nitrogen and oxygen atoms in total. The minimum absolute atomic E-state index is 0.0897. The fraction of sp³-hybridized carbons (Fsp3) is 0.364. The summed E-state index contributed by atoms with van der Waals surface area (Å²) < 4.78 is 28.7. The minimum Gasteiger partial charge on any atom is -0.462 e. The molecule has 166 valence electrons. The van der Waals surface area contributed by atoms with Crippen LogP contribution < -0.4 is 16.0 Å². The normalized spacial score (nSPS) is 18.3. The lowest BCUT2D eigenvalue weighted by Crippen LogP contribution is -2.43. The van der Waals surface area contributed by atoms with Crippen LogP contribution in [0.4, 0.5) is 17.1 Å². The lowest BCUT2D eigenvalue weighted by Gasteiger charge is -2.39. The van der Waals surface area contributed by atoms with Gasteiger partial charge in [0.1, 0.15) is 0 Å². The highest BCUT2D eigenvalue weighted by Gasteiger charge is 2.33. The number of hydrogen-bond donors (Lipinski definition) is 2. The Hall–Kier alpha value is -3.07. The summed E-state index contributed by atoms with van der Waals surface area (Å²) in [6.07, 6.45) is 1.70. The van der Waals surface area contributed by atoms with E-state index < -0.39 is 15.8 Å². The van der Waals surface area contributed by atoms with E-state index in [4.69, 9.17) is 10.5 Å². The summed E-state index contributed by atoms with van der Waals surface area (Å²) in [6.45, 7) is 5.46. The molecule has 0 bridgehead atoms. The van der Waals surface area contributed by atoms with Crippen LogP contribution in [0, 0.1) is 0 Å². The zero-order valence-electron chi connectivity index (χ0n) is 18.0. The number of hydrogen-bond acceptors (Lipinski definition) is 7. The highest BCUT2D eigenvalue weighted by molar-refractivity contribution is 7.90. The third kappa shape index (κ3) is 4.66. The third-order valence-corrected chi connectivity index (χ3v) is 6.42. The maximum absolute atomic E-state index is 12.3. The van der Waals surface area contributed by atoms with Crippen molar-refractivity contribution in [3.63, 3.8) is 0 Å². The van der Waals surface area contributed by atoms with E-state index in [0.717, 1.165) is 11.8 Å². The van der Waals surface area contributed by atoms with Gasteiger partial charge in [-0.2, -0.15) is 0 Å². The van der Waals surface area contributed by atoms with Gasteiger partial charge in [0, 0.05) is 24.9 Å². The monoisotopic (exact) mass is 445 g/mol. The van der Waals surface area contributed by atoms with Gasteiger partial charge in [0.15, 0.2) is 9.84 Å². The molecule has 0 radical (unpaired) electrons. The first-order valence-corrected chi connectivity index (χ1v) is 11.9. The van der Waals surface area contributed by atoms with Crippen LogP contribution in [-0.2, 0) is 19.4 Å². The van der Waals surface area contributed by atoms with E-state index in [0.29, 0.717) is 29.0 Å². The van der Waals surface area contributed by atoms with Crippen molar-refractivity contribution in [3.8, 4) is 0 Å². The van der Waals surface area contributed by atoms with Gasteiger partial charge in [-0.15, -0.1) is 0 Å². The zero-order valence-corrected chi connectivity index (χ0v) is 18.8. The maximum Gasteiger partial charge on any atom is 0.338 e. The summed E-state index contributed by atoms with van der Waals surface area (Å²) in [5.74, 6) is -0.526. The molecule has 3 N–H and O–H groups in total. The average molecular weight is 446 g/mol. The second-order valence-corrected chi connectivity index (χ2v) is 9.70. The quantitative estimate of drug-likeness (QED) is 0.536. The first-order valence-electron chi connectivity index (χ1n) is 10.00. The second-order valence-electron chi connectivity index (χ2n) is 7.69. The molecule has 31 heavy (non-hydrogen) atoms. The van der Waals surface area contributed by atoms with Crippen molar-refractivity contribution in [2.75, 3.05) is 28.8 Å². The predicted molar refractivity (Wildman–Crippen MR) is 120 cm³/mol. The van der Waals surface area contributed by atoms with Crippen LogP contribution in [0.1, 0.15) is 49.2 Å². The number of carbonyl (C=O) groups is 2. The molecule has 0 saturated heterocycles. The van der Waals surface area contributed by atoms with Crippen LogP contribution in [0.2, 0.25) is 0 Å². The number of fused-ring (bicyclic) bond motifs is 1. The number of nitrogens with zero attached hydrogens (tertiary/aromatic N) is 1. The summed E-state index contributed by atoms with van der Waals surface area (Å²) in [5.41, 5.74) is 8.87. The van der Waals surface area contributed by atoms with Crippen molar-refractivity contribution in [3.05, 3.63) is 47.5 Å². The Morgan fingerprint density at radius 2 is 1.94 bits per heavy atom. The smallest absolute Gasteiger partial charge is 0.338 e. The first-order chi connectivity index (χ1) is 14.5. The summed E-state index contributed by atoms with van der Waals surface area (Å²) >= 11 is 0. The largest absolute Gasteiger partial charge is 0.462 e. The van der Waals surface area contributed by atoms with Crippen molar-refractivity contribution in [2.24, 2.45) is 0 Å². The molecule has 0 spiro atoms. The number of carbonyl (C=O) groups excluding carboxylic acids is 2. The van der Waals surface area contributed by atoms with Crippen LogP contribution >= 0.6 is 0 Å². The summed E-state index contributed by atoms with van der Waals surface area (Å²) in [6, 6.07) is 9.34. The van der Waals surface area contributed by atoms with Crippen LogP contribution in [0.15, 0.2) is 41.3 Å². The second kappa shape index (κ2) is 8.58. The number of anilines is 3. The van der Waals surface area contributed by atoms with Crippen LogP contribution in [0.25, 0.3) is 0 Å². The number of benzene rings is 2. The lowest BCUT2D eigenvalue weighted by atomic mass is 9.90. The van der Waals surface area contributed by atoms with Gasteiger partial charge in [-0.25, -0.2) is 13.2 Å². The fourth-order valence-corrected chi connectivity index (χ4v) is 4.57. The van der Waals surface area contributed by atoms with Crippen molar-refractivity contribution < 1.29 is 22.7 Å². The van der Waals surface area contributed by atoms with Crippen molar-refractivity contribution in [2.45, 2.75) is 44.2 Å². The Morgan fingerprint density at radius 3 is 2.52 bits per heavy atom. The molecule has 2 aromatic rings. The Morgan fingerprint density at radius 1 is 1.23 bits per heavy atom. The number of sulfone groups is 1. The van der Waals surface area contributed by atoms with Gasteiger partial charge < -0.3 is 20.7 Å². The van der Waals surface area contributed by atoms with Gasteiger partial charge in [0.2, 0.25) is 5.91 Å². The van der Waals surface area contributed by atoms with Gasteiger partial charge in [0.05, 0.1) is 34.5 Å². The fourth-order valence-electron chi connectivity index (χ4n) is 3.91. The maximum atomic E-state index is 12.3. The van der Waals surface area contributed by atoms with Gasteiger partial charge in [-0.05, 0) is 62.2 Å². The predicted octanol–water partition coefficient (Wildman–Crippen LogP) is 3.15. The molecule has 2 aromatic carbocycles. The van der Waals surface area contributed by atoms with Gasteiger partial charge >= 0.3 is 5.97 Å². The van der Waals surface area contributed by atoms with E-state index in [2.05, 4.69) is 5.32 Å². The standard InChI is InChI=1S/C22H27N3O5S/c1-5-30-22(27)15-6-9-21-17(11-15)20(10-13(2)25(21)14(3)26)24-19-8-7-16(12-18(19)23)31(4,28)29/h6-9,11-13,20,24H,5,10,23H2,1-4H3. The van der Waals surface area contributed by atoms with Crippen LogP contribution in [-0.4, -0.2) is 39.2 Å². The van der Waals surface area contributed by atoms with Crippen molar-refractivity contribution in [1.29, 1.82) is 0 Å². The molecular weight excluding hydrogens is 418 g/mol. The molecule has 3 rings (SSSR count). The molecule has 2 unspecified atom stereocenters. The molecule has 1 aliphatic heterocycles. The molecule has 0 saturated carbocycles. The van der Waals surface area contributed by atoms with E-state index in [-0.39, 0.29) is 29.5 Å². The minimum atomic E-state index is -3.37. The Labute approximate surface area is 182 Å². The first kappa shape index (κ1) is 22.6. The molecular formula is C22H27N3O5S. The van der Waals surface area contributed by atoms with E-state index in [9.17, 15) is 18.0 Å². The highest BCUT2D eigenvalue weighted by Crippen LogP contribution is 2.40. The molecule has 9 heteroatoms. The summed E-state index contributed by atoms with van der Waals surface area (Å²) in [7, 11) is -3.37. The Bertz CT molecular complexity index is 1130. The Balaban J connectivity index is 2.03. The number of ether oxygens (including phenoxy) is 1. The van der Waals surface area contributed by atoms with E-state index in [1.807, 2.05) is 6.92 Å². The van der Waals surface area contributed by atoms with Gasteiger partial charge in [-0.1, -0.05) is 0 Å². The Kier molecular flexibility index (Phi) is 6.26. The molecule has 1 amide bonds. The van der Waals surface area contributed by atoms with Gasteiger partial charge in [-0.3, -0.25) is 4.79 Å². The number of nitrogen functional groups attached to an aromatic ring is 1. The van der Waals surface area contributed by atoms with E-state index in [1.165, 1.54) is 19.1 Å². The average Bonchev–Trinajstić information content (AvgIpc) is 2.68. The molecule has 0 aliphatic carbocycles. The van der Waals surface area contributed by atoms with E-state index in [1.54, 1.807) is 36.1 Å². The number of nitrogens with two attached hydrogens (primary N) is 1. The zero-order chi connectivity index (χ0) is 22.9. The molecule has 0 fully saturated rings. The van der Waals surface area contributed by atoms with E-state index >= 15 is 0 Å².